The van der Waals surface area contributed by atoms with E-state index >= 15 is 0 Å². The van der Waals surface area contributed by atoms with E-state index in [9.17, 15) is 14.0 Å². The topological polar surface area (TPSA) is 69.6 Å². The standard InChI is InChI=1S/C13H17FN2O3/c1-9(12(17)18)7-15-13(19)16(2)8-10-3-5-11(14)6-4-10/h3-6,9H,7-8H2,1-2H3,(H,15,19)(H,17,18). The van der Waals surface area contributed by atoms with Gasteiger partial charge in [-0.1, -0.05) is 19.1 Å². The summed E-state index contributed by atoms with van der Waals surface area (Å²) >= 11 is 0. The van der Waals surface area contributed by atoms with Crippen molar-refractivity contribution in [3.8, 4) is 0 Å². The highest BCUT2D eigenvalue weighted by Gasteiger charge is 2.14. The fourth-order valence-corrected chi connectivity index (χ4v) is 1.40. The maximum Gasteiger partial charge on any atom is 0.317 e. The molecule has 2 N–H and O–H groups in total. The van der Waals surface area contributed by atoms with Gasteiger partial charge in [-0.25, -0.2) is 9.18 Å². The van der Waals surface area contributed by atoms with Crippen molar-refractivity contribution in [2.24, 2.45) is 5.92 Å². The predicted molar refractivity (Wildman–Crippen MR) is 68.1 cm³/mol. The molecule has 5 nitrogen and oxygen atoms in total. The molecule has 0 radical (unpaired) electrons. The van der Waals surface area contributed by atoms with Gasteiger partial charge in [0.25, 0.3) is 0 Å². The van der Waals surface area contributed by atoms with Crippen molar-refractivity contribution in [2.45, 2.75) is 13.5 Å². The fraction of sp³-hybridized carbons (Fsp3) is 0.385. The SMILES string of the molecule is CC(CNC(=O)N(C)Cc1ccc(F)cc1)C(=O)O. The van der Waals surface area contributed by atoms with Crippen LogP contribution in [0.25, 0.3) is 0 Å². The maximum atomic E-state index is 12.7. The van der Waals surface area contributed by atoms with E-state index in [1.54, 1.807) is 19.2 Å². The summed E-state index contributed by atoms with van der Waals surface area (Å²) in [7, 11) is 1.59. The van der Waals surface area contributed by atoms with Crippen LogP contribution in [0.1, 0.15) is 12.5 Å². The monoisotopic (exact) mass is 268 g/mol. The van der Waals surface area contributed by atoms with E-state index < -0.39 is 11.9 Å². The van der Waals surface area contributed by atoms with Crippen LogP contribution in [0, 0.1) is 11.7 Å². The number of carboxylic acids is 1. The molecule has 0 saturated carbocycles. The molecule has 0 saturated heterocycles. The van der Waals surface area contributed by atoms with Gasteiger partial charge in [0.15, 0.2) is 0 Å². The third-order valence-corrected chi connectivity index (χ3v) is 2.66. The Labute approximate surface area is 111 Å². The Kier molecular flexibility index (Phi) is 5.29. The van der Waals surface area contributed by atoms with Crippen LogP contribution in [0.4, 0.5) is 9.18 Å². The number of amides is 2. The number of carbonyl (C=O) groups is 2. The molecule has 0 aromatic heterocycles. The van der Waals surface area contributed by atoms with Gasteiger partial charge >= 0.3 is 12.0 Å². The molecule has 2 amide bonds. The molecule has 1 unspecified atom stereocenters. The molecule has 0 fully saturated rings. The molecule has 104 valence electrons. The Morgan fingerprint density at radius 2 is 1.95 bits per heavy atom. The van der Waals surface area contributed by atoms with Crippen molar-refractivity contribution in [3.05, 3.63) is 35.6 Å². The van der Waals surface area contributed by atoms with Crippen molar-refractivity contribution in [3.63, 3.8) is 0 Å². The molecule has 0 aliphatic heterocycles. The molecule has 0 aliphatic carbocycles. The van der Waals surface area contributed by atoms with E-state index in [0.29, 0.717) is 6.54 Å². The number of nitrogens with one attached hydrogen (secondary N) is 1. The number of carbonyl (C=O) groups excluding carboxylic acids is 1. The molecule has 0 heterocycles. The first-order valence-corrected chi connectivity index (χ1v) is 5.86. The highest BCUT2D eigenvalue weighted by molar-refractivity contribution is 5.75. The van der Waals surface area contributed by atoms with Crippen LogP contribution >= 0.6 is 0 Å². The molecule has 19 heavy (non-hydrogen) atoms. The Morgan fingerprint density at radius 3 is 2.47 bits per heavy atom. The van der Waals surface area contributed by atoms with Crippen LogP contribution in [0.5, 0.6) is 0 Å². The number of hydrogen-bond donors (Lipinski definition) is 2. The minimum absolute atomic E-state index is 0.0714. The number of aliphatic carboxylic acids is 1. The van der Waals surface area contributed by atoms with Gasteiger partial charge in [0.2, 0.25) is 0 Å². The quantitative estimate of drug-likeness (QED) is 0.853. The molecule has 1 atom stereocenters. The van der Waals surface area contributed by atoms with E-state index in [1.165, 1.54) is 24.0 Å². The predicted octanol–water partition coefficient (Wildman–Crippen LogP) is 1.69. The van der Waals surface area contributed by atoms with E-state index in [2.05, 4.69) is 5.32 Å². The summed E-state index contributed by atoms with van der Waals surface area (Å²) < 4.78 is 12.7. The number of urea groups is 1. The van der Waals surface area contributed by atoms with Crippen LogP contribution in [-0.4, -0.2) is 35.6 Å². The molecule has 6 heteroatoms. The summed E-state index contributed by atoms with van der Waals surface area (Å²) in [5.41, 5.74) is 0.797. The van der Waals surface area contributed by atoms with Crippen molar-refractivity contribution >= 4 is 12.0 Å². The minimum Gasteiger partial charge on any atom is -0.481 e. The van der Waals surface area contributed by atoms with E-state index in [-0.39, 0.29) is 18.4 Å². The first-order valence-electron chi connectivity index (χ1n) is 5.86. The fourth-order valence-electron chi connectivity index (χ4n) is 1.40. The van der Waals surface area contributed by atoms with Gasteiger partial charge in [0.1, 0.15) is 5.82 Å². The summed E-state index contributed by atoms with van der Waals surface area (Å²) in [5.74, 6) is -1.92. The van der Waals surface area contributed by atoms with E-state index in [4.69, 9.17) is 5.11 Å². The largest absolute Gasteiger partial charge is 0.481 e. The molecule has 0 spiro atoms. The van der Waals surface area contributed by atoms with E-state index in [0.717, 1.165) is 5.56 Å². The molecule has 1 aromatic rings. The highest BCUT2D eigenvalue weighted by atomic mass is 19.1. The van der Waals surface area contributed by atoms with Gasteiger partial charge in [-0.15, -0.1) is 0 Å². The van der Waals surface area contributed by atoms with Gasteiger partial charge in [-0.2, -0.15) is 0 Å². The normalized spacial score (nSPS) is 11.7. The summed E-state index contributed by atoms with van der Waals surface area (Å²) in [6, 6.07) is 5.48. The summed E-state index contributed by atoms with van der Waals surface area (Å²) in [6.45, 7) is 1.91. The minimum atomic E-state index is -0.957. The van der Waals surface area contributed by atoms with E-state index in [1.807, 2.05) is 0 Å². The zero-order valence-corrected chi connectivity index (χ0v) is 10.9. The number of nitrogens with zero attached hydrogens (tertiary/aromatic N) is 1. The second kappa shape index (κ2) is 6.72. The van der Waals surface area contributed by atoms with Gasteiger partial charge < -0.3 is 15.3 Å². The summed E-state index contributed by atoms with van der Waals surface area (Å²) in [6.07, 6.45) is 0. The average molecular weight is 268 g/mol. The Bertz CT molecular complexity index is 448. The molecule has 1 aromatic carbocycles. The van der Waals surface area contributed by atoms with Crippen LogP contribution in [-0.2, 0) is 11.3 Å². The van der Waals surface area contributed by atoms with Gasteiger partial charge in [-0.3, -0.25) is 4.79 Å². The second-order valence-corrected chi connectivity index (χ2v) is 4.41. The zero-order valence-electron chi connectivity index (χ0n) is 10.9. The first kappa shape index (κ1) is 14.9. The number of carboxylic acid groups (broad SMARTS) is 1. The number of benzene rings is 1. The number of rotatable bonds is 5. The van der Waals surface area contributed by atoms with Crippen molar-refractivity contribution in [1.29, 1.82) is 0 Å². The van der Waals surface area contributed by atoms with Crippen LogP contribution in [0.3, 0.4) is 0 Å². The lowest BCUT2D eigenvalue weighted by Crippen LogP contribution is -2.40. The smallest absolute Gasteiger partial charge is 0.317 e. The second-order valence-electron chi connectivity index (χ2n) is 4.41. The van der Waals surface area contributed by atoms with Crippen molar-refractivity contribution in [2.75, 3.05) is 13.6 Å². The Hall–Kier alpha value is -2.11. The molecule has 0 bridgehead atoms. The van der Waals surface area contributed by atoms with Crippen LogP contribution in [0.15, 0.2) is 24.3 Å². The third kappa shape index (κ3) is 4.95. The molecular weight excluding hydrogens is 251 g/mol. The maximum absolute atomic E-state index is 12.7. The summed E-state index contributed by atoms with van der Waals surface area (Å²) in [4.78, 5) is 23.7. The number of hydrogen-bond acceptors (Lipinski definition) is 2. The number of halogens is 1. The molecular formula is C13H17FN2O3. The van der Waals surface area contributed by atoms with Gasteiger partial charge in [0.05, 0.1) is 5.92 Å². The van der Waals surface area contributed by atoms with Gasteiger partial charge in [-0.05, 0) is 17.7 Å². The highest BCUT2D eigenvalue weighted by Crippen LogP contribution is 2.05. The molecule has 0 aliphatic rings. The lowest BCUT2D eigenvalue weighted by Gasteiger charge is -2.19. The first-order chi connectivity index (χ1) is 8.90. The van der Waals surface area contributed by atoms with Crippen LogP contribution < -0.4 is 5.32 Å². The van der Waals surface area contributed by atoms with Crippen molar-refractivity contribution < 1.29 is 19.1 Å². The average Bonchev–Trinajstić information content (AvgIpc) is 2.37. The lowest BCUT2D eigenvalue weighted by molar-refractivity contribution is -0.140. The Morgan fingerprint density at radius 1 is 1.37 bits per heavy atom. The zero-order chi connectivity index (χ0) is 14.4. The Balaban J connectivity index is 2.44. The van der Waals surface area contributed by atoms with Gasteiger partial charge in [0, 0.05) is 20.1 Å². The van der Waals surface area contributed by atoms with Crippen molar-refractivity contribution in [1.82, 2.24) is 10.2 Å². The lowest BCUT2D eigenvalue weighted by atomic mass is 10.2. The van der Waals surface area contributed by atoms with Crippen LogP contribution in [0.2, 0.25) is 0 Å². The molecule has 1 rings (SSSR count). The summed E-state index contributed by atoms with van der Waals surface area (Å²) in [5, 5.41) is 11.2. The third-order valence-electron chi connectivity index (χ3n) is 2.66.